The van der Waals surface area contributed by atoms with E-state index in [0.717, 1.165) is 43.4 Å². The molecule has 6 nitrogen and oxygen atoms in total. The molecule has 0 amide bonds. The molecule has 2 aromatic rings. The first-order valence-electron chi connectivity index (χ1n) is 7.25. The largest absolute Gasteiger partial charge is 0.367 e. The first kappa shape index (κ1) is 14.5. The molecule has 1 fully saturated rings. The Balaban J connectivity index is 1.82. The van der Waals surface area contributed by atoms with Crippen LogP contribution in [-0.4, -0.2) is 48.8 Å². The van der Waals surface area contributed by atoms with E-state index in [1.165, 1.54) is 0 Å². The Morgan fingerprint density at radius 3 is 2.45 bits per heavy atom. The Hall–Kier alpha value is -2.49. The van der Waals surface area contributed by atoms with E-state index in [1.54, 1.807) is 6.33 Å². The lowest BCUT2D eigenvalue weighted by Gasteiger charge is -2.37. The summed E-state index contributed by atoms with van der Waals surface area (Å²) in [7, 11) is 8.06. The molecule has 0 spiro atoms. The third-order valence-corrected chi connectivity index (χ3v) is 4.10. The highest BCUT2D eigenvalue weighted by atomic mass is 15.4. The molecule has 1 saturated heterocycles. The fraction of sp³-hybridized carbons (Fsp3) is 0.400. The summed E-state index contributed by atoms with van der Waals surface area (Å²) in [6, 6.07) is 6.06. The van der Waals surface area contributed by atoms with Crippen molar-refractivity contribution in [2.24, 2.45) is 7.05 Å². The Morgan fingerprint density at radius 1 is 1.18 bits per heavy atom. The van der Waals surface area contributed by atoms with Crippen LogP contribution in [0.2, 0.25) is 0 Å². The maximum absolute atomic E-state index is 9.43. The van der Waals surface area contributed by atoms with Gasteiger partial charge >= 0.3 is 0 Å². The van der Waals surface area contributed by atoms with Gasteiger partial charge in [0.15, 0.2) is 0 Å². The van der Waals surface area contributed by atoms with Crippen molar-refractivity contribution in [2.75, 3.05) is 36.0 Å². The van der Waals surface area contributed by atoms with Gasteiger partial charge in [0.2, 0.25) is 5.95 Å². The van der Waals surface area contributed by atoms with Crippen LogP contribution in [0.3, 0.4) is 0 Å². The summed E-state index contributed by atoms with van der Waals surface area (Å²) >= 11 is 0. The summed E-state index contributed by atoms with van der Waals surface area (Å²) in [5.41, 5.74) is 3.16. The topological polar surface area (TPSA) is 61.0 Å². The molecule has 0 N–H and O–H groups in total. The Labute approximate surface area is 131 Å². The van der Waals surface area contributed by atoms with Crippen LogP contribution < -0.4 is 15.3 Å². The first-order chi connectivity index (χ1) is 10.6. The van der Waals surface area contributed by atoms with Crippen molar-refractivity contribution in [1.29, 1.82) is 5.26 Å². The fourth-order valence-corrected chi connectivity index (χ4v) is 2.88. The average molecular weight is 292 g/mol. The van der Waals surface area contributed by atoms with Gasteiger partial charge in [0.05, 0.1) is 5.56 Å². The summed E-state index contributed by atoms with van der Waals surface area (Å²) in [5.74, 6) is 0.873. The molecule has 0 atom stereocenters. The van der Waals surface area contributed by atoms with Gasteiger partial charge in [0, 0.05) is 38.9 Å². The lowest BCUT2D eigenvalue weighted by molar-refractivity contribution is 0.630. The molecule has 22 heavy (non-hydrogen) atoms. The molecule has 0 aliphatic carbocycles. The SMILES string of the molecule is [B]c1ccc(C)c(C#N)c1N1CCN(c2nncn2C)CC1. The second-order valence-electron chi connectivity index (χ2n) is 5.52. The molecule has 1 aromatic heterocycles. The number of piperazine rings is 1. The zero-order valence-corrected chi connectivity index (χ0v) is 12.8. The summed E-state index contributed by atoms with van der Waals surface area (Å²) < 4.78 is 1.91. The molecule has 110 valence electrons. The number of aromatic nitrogens is 3. The van der Waals surface area contributed by atoms with E-state index in [2.05, 4.69) is 26.1 Å². The minimum Gasteiger partial charge on any atom is -0.367 e. The van der Waals surface area contributed by atoms with E-state index < -0.39 is 0 Å². The van der Waals surface area contributed by atoms with Gasteiger partial charge in [-0.15, -0.1) is 10.2 Å². The predicted molar refractivity (Wildman–Crippen MR) is 86.7 cm³/mol. The number of nitriles is 1. The van der Waals surface area contributed by atoms with Crippen molar-refractivity contribution in [3.63, 3.8) is 0 Å². The van der Waals surface area contributed by atoms with Gasteiger partial charge in [-0.25, -0.2) is 0 Å². The maximum atomic E-state index is 9.43. The van der Waals surface area contributed by atoms with E-state index in [1.807, 2.05) is 30.7 Å². The smallest absolute Gasteiger partial charge is 0.226 e. The van der Waals surface area contributed by atoms with Crippen molar-refractivity contribution < 1.29 is 0 Å². The molecule has 0 bridgehead atoms. The Morgan fingerprint density at radius 2 is 1.86 bits per heavy atom. The van der Waals surface area contributed by atoms with Crippen molar-refractivity contribution in [2.45, 2.75) is 6.92 Å². The number of benzene rings is 1. The van der Waals surface area contributed by atoms with Gasteiger partial charge < -0.3 is 14.4 Å². The van der Waals surface area contributed by atoms with Gasteiger partial charge in [-0.3, -0.25) is 0 Å². The maximum Gasteiger partial charge on any atom is 0.226 e. The quantitative estimate of drug-likeness (QED) is 0.736. The van der Waals surface area contributed by atoms with Crippen LogP contribution in [0.1, 0.15) is 11.1 Å². The second kappa shape index (κ2) is 5.72. The van der Waals surface area contributed by atoms with E-state index in [9.17, 15) is 5.26 Å². The monoisotopic (exact) mass is 292 g/mol. The number of nitrogens with zero attached hydrogens (tertiary/aromatic N) is 6. The van der Waals surface area contributed by atoms with Crippen LogP contribution in [0, 0.1) is 18.3 Å². The van der Waals surface area contributed by atoms with Gasteiger partial charge in [-0.1, -0.05) is 17.6 Å². The normalized spacial score (nSPS) is 15.0. The van der Waals surface area contributed by atoms with Gasteiger partial charge in [-0.05, 0) is 12.5 Å². The number of anilines is 2. The number of rotatable bonds is 2. The highest BCUT2D eigenvalue weighted by Crippen LogP contribution is 2.23. The van der Waals surface area contributed by atoms with E-state index in [0.29, 0.717) is 11.0 Å². The van der Waals surface area contributed by atoms with Crippen molar-refractivity contribution in [1.82, 2.24) is 14.8 Å². The molecule has 1 aromatic carbocycles. The minimum absolute atomic E-state index is 0.661. The van der Waals surface area contributed by atoms with Crippen molar-refractivity contribution in [3.8, 4) is 6.07 Å². The van der Waals surface area contributed by atoms with Crippen LogP contribution in [0.15, 0.2) is 18.5 Å². The van der Waals surface area contributed by atoms with Crippen LogP contribution in [-0.2, 0) is 7.05 Å². The van der Waals surface area contributed by atoms with Crippen LogP contribution in [0.4, 0.5) is 11.6 Å². The fourth-order valence-electron chi connectivity index (χ4n) is 2.88. The number of aryl methyl sites for hydroxylation is 2. The molecule has 0 saturated carbocycles. The summed E-state index contributed by atoms with van der Waals surface area (Å²) in [5, 5.41) is 17.5. The molecule has 0 unspecified atom stereocenters. The molecular weight excluding hydrogens is 275 g/mol. The molecular formula is C15H17BN6. The van der Waals surface area contributed by atoms with Gasteiger partial charge in [0.25, 0.3) is 0 Å². The molecule has 7 heteroatoms. The van der Waals surface area contributed by atoms with E-state index >= 15 is 0 Å². The van der Waals surface area contributed by atoms with Crippen molar-refractivity contribution in [3.05, 3.63) is 29.6 Å². The van der Waals surface area contributed by atoms with Crippen LogP contribution in [0.25, 0.3) is 0 Å². The molecule has 1 aliphatic heterocycles. The zero-order valence-electron chi connectivity index (χ0n) is 12.8. The minimum atomic E-state index is 0.661. The molecule has 3 rings (SSSR count). The highest BCUT2D eigenvalue weighted by molar-refractivity contribution is 6.36. The molecule has 1 aliphatic rings. The van der Waals surface area contributed by atoms with E-state index in [-0.39, 0.29) is 0 Å². The van der Waals surface area contributed by atoms with Gasteiger partial charge in [0.1, 0.15) is 20.2 Å². The number of hydrogen-bond donors (Lipinski definition) is 0. The van der Waals surface area contributed by atoms with Crippen molar-refractivity contribution >= 4 is 24.9 Å². The predicted octanol–water partition coefficient (Wildman–Crippen LogP) is 0.116. The average Bonchev–Trinajstić information content (AvgIpc) is 2.95. The highest BCUT2D eigenvalue weighted by Gasteiger charge is 2.23. The summed E-state index contributed by atoms with van der Waals surface area (Å²) in [6.07, 6.45) is 1.70. The second-order valence-corrected chi connectivity index (χ2v) is 5.52. The van der Waals surface area contributed by atoms with Crippen LogP contribution >= 0.6 is 0 Å². The summed E-state index contributed by atoms with van der Waals surface area (Å²) in [6.45, 7) is 5.19. The van der Waals surface area contributed by atoms with Gasteiger partial charge in [-0.2, -0.15) is 5.26 Å². The molecule has 2 heterocycles. The van der Waals surface area contributed by atoms with Crippen LogP contribution in [0.5, 0.6) is 0 Å². The lowest BCUT2D eigenvalue weighted by atomic mass is 9.88. The summed E-state index contributed by atoms with van der Waals surface area (Å²) in [4.78, 5) is 4.38. The standard InChI is InChI=1S/C15H17BN6/c1-11-3-4-13(16)14(12(11)9-17)21-5-7-22(8-6-21)15-19-18-10-20(15)2/h3-4,10H,5-8H2,1-2H3. The third-order valence-electron chi connectivity index (χ3n) is 4.10. The lowest BCUT2D eigenvalue weighted by Crippen LogP contribution is -2.48. The van der Waals surface area contributed by atoms with E-state index in [4.69, 9.17) is 7.85 Å². The Kier molecular flexibility index (Phi) is 3.76. The zero-order chi connectivity index (χ0) is 15.7. The first-order valence-corrected chi connectivity index (χ1v) is 7.25. The third kappa shape index (κ3) is 2.41. The number of hydrogen-bond acceptors (Lipinski definition) is 5. The molecule has 2 radical (unpaired) electrons. The Bertz CT molecular complexity index is 724.